The fourth-order valence-electron chi connectivity index (χ4n) is 1.74. The molecule has 96 valence electrons. The predicted octanol–water partition coefficient (Wildman–Crippen LogP) is 2.35. The fourth-order valence-corrected chi connectivity index (χ4v) is 1.74. The summed E-state index contributed by atoms with van der Waals surface area (Å²) >= 11 is 0. The van der Waals surface area contributed by atoms with Crippen LogP contribution in [-0.4, -0.2) is 20.3 Å². The molecule has 0 amide bonds. The zero-order chi connectivity index (χ0) is 12.8. The fraction of sp³-hybridized carbons (Fsp3) is 0.286. The molecule has 1 aromatic heterocycles. The summed E-state index contributed by atoms with van der Waals surface area (Å²) in [5, 5.41) is 0. The Bertz CT molecular complexity index is 468. The van der Waals surface area contributed by atoms with Crippen molar-refractivity contribution in [3.63, 3.8) is 0 Å². The van der Waals surface area contributed by atoms with E-state index in [2.05, 4.69) is 0 Å². The van der Waals surface area contributed by atoms with E-state index in [0.717, 1.165) is 16.9 Å². The van der Waals surface area contributed by atoms with E-state index in [1.54, 1.807) is 19.6 Å². The second-order valence-electron chi connectivity index (χ2n) is 3.91. The third kappa shape index (κ3) is 2.91. The van der Waals surface area contributed by atoms with Crippen molar-refractivity contribution in [1.29, 1.82) is 0 Å². The van der Waals surface area contributed by atoms with Gasteiger partial charge in [0.15, 0.2) is 0 Å². The minimum atomic E-state index is -0.248. The third-order valence-electron chi connectivity index (χ3n) is 2.70. The molecule has 0 spiro atoms. The summed E-state index contributed by atoms with van der Waals surface area (Å²) in [6.45, 7) is 1.06. The lowest BCUT2D eigenvalue weighted by atomic mass is 10.0. The van der Waals surface area contributed by atoms with Gasteiger partial charge in [-0.3, -0.25) is 0 Å². The van der Waals surface area contributed by atoms with Gasteiger partial charge in [0.1, 0.15) is 12.4 Å². The van der Waals surface area contributed by atoms with E-state index >= 15 is 0 Å². The predicted molar refractivity (Wildman–Crippen MR) is 68.6 cm³/mol. The van der Waals surface area contributed by atoms with Crippen molar-refractivity contribution in [3.8, 4) is 5.75 Å². The number of hydrogen-bond donors (Lipinski definition) is 1. The van der Waals surface area contributed by atoms with Gasteiger partial charge in [-0.15, -0.1) is 0 Å². The number of ether oxygens (including phenoxy) is 2. The molecule has 0 fully saturated rings. The van der Waals surface area contributed by atoms with E-state index in [1.807, 2.05) is 30.3 Å². The molecule has 0 radical (unpaired) electrons. The van der Waals surface area contributed by atoms with Crippen LogP contribution >= 0.6 is 0 Å². The molecule has 1 heterocycles. The molecule has 2 aromatic rings. The first kappa shape index (κ1) is 12.7. The van der Waals surface area contributed by atoms with Crippen LogP contribution in [0.1, 0.15) is 17.2 Å². The number of nitrogens with two attached hydrogens (primary N) is 1. The van der Waals surface area contributed by atoms with Crippen LogP contribution < -0.4 is 10.5 Å². The highest BCUT2D eigenvalue weighted by Gasteiger charge is 2.14. The maximum atomic E-state index is 6.19. The lowest BCUT2D eigenvalue weighted by molar-refractivity contribution is 0.145. The molecule has 0 saturated carbocycles. The van der Waals surface area contributed by atoms with Crippen LogP contribution in [-0.2, 0) is 4.74 Å². The quantitative estimate of drug-likeness (QED) is 0.796. The van der Waals surface area contributed by atoms with Crippen LogP contribution in [0, 0.1) is 0 Å². The van der Waals surface area contributed by atoms with Crippen molar-refractivity contribution in [2.24, 2.45) is 5.73 Å². The Balaban J connectivity index is 2.16. The molecule has 1 atom stereocenters. The normalized spacial score (nSPS) is 12.3. The molecule has 1 aromatic carbocycles. The van der Waals surface area contributed by atoms with Crippen molar-refractivity contribution >= 4 is 0 Å². The maximum absolute atomic E-state index is 6.19. The first-order valence-corrected chi connectivity index (χ1v) is 5.81. The molecule has 0 aliphatic heterocycles. The van der Waals surface area contributed by atoms with E-state index in [1.165, 1.54) is 0 Å². The molecule has 1 unspecified atom stereocenters. The zero-order valence-electron chi connectivity index (χ0n) is 10.3. The van der Waals surface area contributed by atoms with Crippen LogP contribution in [0.3, 0.4) is 0 Å². The number of methoxy groups -OCH3 is 1. The van der Waals surface area contributed by atoms with Gasteiger partial charge in [-0.2, -0.15) is 0 Å². The molecule has 4 nitrogen and oxygen atoms in total. The van der Waals surface area contributed by atoms with E-state index in [-0.39, 0.29) is 6.04 Å². The summed E-state index contributed by atoms with van der Waals surface area (Å²) in [6.07, 6.45) is 3.26. The molecular weight excluding hydrogens is 230 g/mol. The number of rotatable bonds is 6. The molecule has 2 rings (SSSR count). The molecule has 18 heavy (non-hydrogen) atoms. The Morgan fingerprint density at radius 2 is 2.06 bits per heavy atom. The summed E-state index contributed by atoms with van der Waals surface area (Å²) in [5.41, 5.74) is 8.06. The van der Waals surface area contributed by atoms with Gasteiger partial charge in [-0.05, 0) is 12.1 Å². The second kappa shape index (κ2) is 6.23. The highest BCUT2D eigenvalue weighted by atomic mass is 16.5. The largest absolute Gasteiger partial charge is 0.491 e. The van der Waals surface area contributed by atoms with Gasteiger partial charge in [0.25, 0.3) is 0 Å². The van der Waals surface area contributed by atoms with Crippen LogP contribution in [0.5, 0.6) is 5.75 Å². The van der Waals surface area contributed by atoms with Crippen LogP contribution in [0.25, 0.3) is 0 Å². The lowest BCUT2D eigenvalue weighted by Gasteiger charge is -2.15. The molecule has 0 aliphatic carbocycles. The van der Waals surface area contributed by atoms with Gasteiger partial charge >= 0.3 is 0 Å². The molecule has 0 bridgehead atoms. The third-order valence-corrected chi connectivity index (χ3v) is 2.70. The Hall–Kier alpha value is -1.78. The minimum Gasteiger partial charge on any atom is -0.491 e. The van der Waals surface area contributed by atoms with Gasteiger partial charge in [-0.1, -0.05) is 18.2 Å². The van der Waals surface area contributed by atoms with Gasteiger partial charge in [0.2, 0.25) is 0 Å². The number of furan rings is 1. The Morgan fingerprint density at radius 1 is 1.22 bits per heavy atom. The van der Waals surface area contributed by atoms with E-state index in [9.17, 15) is 0 Å². The summed E-state index contributed by atoms with van der Waals surface area (Å²) in [6, 6.07) is 9.34. The van der Waals surface area contributed by atoms with E-state index in [4.69, 9.17) is 19.6 Å². The number of benzene rings is 1. The van der Waals surface area contributed by atoms with Gasteiger partial charge in [0.05, 0.1) is 25.2 Å². The molecular formula is C14H17NO3. The molecule has 4 heteroatoms. The van der Waals surface area contributed by atoms with Crippen molar-refractivity contribution in [1.82, 2.24) is 0 Å². The molecule has 0 aliphatic rings. The van der Waals surface area contributed by atoms with E-state index in [0.29, 0.717) is 13.2 Å². The Kier molecular flexibility index (Phi) is 4.39. The van der Waals surface area contributed by atoms with Gasteiger partial charge in [0, 0.05) is 18.2 Å². The van der Waals surface area contributed by atoms with Crippen molar-refractivity contribution < 1.29 is 13.9 Å². The Labute approximate surface area is 106 Å². The summed E-state index contributed by atoms with van der Waals surface area (Å²) < 4.78 is 15.7. The lowest BCUT2D eigenvalue weighted by Crippen LogP contribution is -2.14. The van der Waals surface area contributed by atoms with Crippen LogP contribution in [0.4, 0.5) is 0 Å². The van der Waals surface area contributed by atoms with Crippen molar-refractivity contribution in [2.45, 2.75) is 6.04 Å². The number of para-hydroxylation sites is 1. The average Bonchev–Trinajstić information content (AvgIpc) is 2.93. The summed E-state index contributed by atoms with van der Waals surface area (Å²) in [5.74, 6) is 0.781. The Morgan fingerprint density at radius 3 is 2.78 bits per heavy atom. The average molecular weight is 247 g/mol. The SMILES string of the molecule is COCCOc1ccccc1C(N)c1ccoc1. The molecule has 2 N–H and O–H groups in total. The van der Waals surface area contributed by atoms with Gasteiger partial charge in [-0.25, -0.2) is 0 Å². The first-order chi connectivity index (χ1) is 8.83. The monoisotopic (exact) mass is 247 g/mol. The highest BCUT2D eigenvalue weighted by molar-refractivity contribution is 5.40. The molecule has 0 saturated heterocycles. The standard InChI is InChI=1S/C14H17NO3/c1-16-8-9-18-13-5-3-2-4-12(13)14(15)11-6-7-17-10-11/h2-7,10,14H,8-9,15H2,1H3. The van der Waals surface area contributed by atoms with Gasteiger partial charge < -0.3 is 19.6 Å². The summed E-state index contributed by atoms with van der Waals surface area (Å²) in [7, 11) is 1.65. The number of hydrogen-bond acceptors (Lipinski definition) is 4. The summed E-state index contributed by atoms with van der Waals surface area (Å²) in [4.78, 5) is 0. The van der Waals surface area contributed by atoms with Crippen LogP contribution in [0.15, 0.2) is 47.3 Å². The smallest absolute Gasteiger partial charge is 0.124 e. The minimum absolute atomic E-state index is 0.248. The topological polar surface area (TPSA) is 57.6 Å². The first-order valence-electron chi connectivity index (χ1n) is 5.81. The second-order valence-corrected chi connectivity index (χ2v) is 3.91. The van der Waals surface area contributed by atoms with E-state index < -0.39 is 0 Å². The van der Waals surface area contributed by atoms with Crippen molar-refractivity contribution in [3.05, 3.63) is 54.0 Å². The van der Waals surface area contributed by atoms with Crippen molar-refractivity contribution in [2.75, 3.05) is 20.3 Å². The zero-order valence-corrected chi connectivity index (χ0v) is 10.3. The highest BCUT2D eigenvalue weighted by Crippen LogP contribution is 2.28. The van der Waals surface area contributed by atoms with Crippen LogP contribution in [0.2, 0.25) is 0 Å². The maximum Gasteiger partial charge on any atom is 0.124 e.